The number of aliphatic hydroxyl groups is 1. The molecule has 2 aliphatic rings. The second-order valence-corrected chi connectivity index (χ2v) is 6.06. The van der Waals surface area contributed by atoms with Crippen molar-refractivity contribution in [3.8, 4) is 5.75 Å². The lowest BCUT2D eigenvalue weighted by Crippen LogP contribution is -2.38. The zero-order valence-corrected chi connectivity index (χ0v) is 12.9. The number of hydrogen-bond acceptors (Lipinski definition) is 5. The van der Waals surface area contributed by atoms with Crippen LogP contribution in [-0.4, -0.2) is 29.3 Å². The Bertz CT molecular complexity index is 805. The molecule has 0 amide bonds. The van der Waals surface area contributed by atoms with Crippen molar-refractivity contribution in [1.29, 1.82) is 0 Å². The average Bonchev–Trinajstić information content (AvgIpc) is 3.38. The second-order valence-electron chi connectivity index (χ2n) is 6.06. The van der Waals surface area contributed by atoms with Gasteiger partial charge in [-0.3, -0.25) is 4.99 Å². The first-order valence-electron chi connectivity index (χ1n) is 7.96. The molecule has 1 heterocycles. The van der Waals surface area contributed by atoms with Gasteiger partial charge in [-0.15, -0.1) is 0 Å². The van der Waals surface area contributed by atoms with Crippen LogP contribution in [-0.2, 0) is 0 Å². The molecular weight excluding hydrogens is 309 g/mol. The molecule has 2 aromatic rings. The number of halogens is 1. The predicted octanol–water partition coefficient (Wildman–Crippen LogP) is 2.23. The van der Waals surface area contributed by atoms with Crippen LogP contribution in [0.4, 0.5) is 10.1 Å². The molecule has 0 saturated heterocycles. The molecule has 2 aromatic carbocycles. The van der Waals surface area contributed by atoms with Gasteiger partial charge in [-0.25, -0.2) is 4.39 Å². The molecule has 0 bridgehead atoms. The molecule has 0 aromatic heterocycles. The van der Waals surface area contributed by atoms with Gasteiger partial charge in [-0.2, -0.15) is 0 Å². The Kier molecular flexibility index (Phi) is 3.70. The SMILES string of the molecule is NC1N=C(c2cccc(F)c2)c2cccc(OC3CC3)c2NC1O. The number of nitrogens with one attached hydrogen (secondary N) is 1. The summed E-state index contributed by atoms with van der Waals surface area (Å²) in [5.74, 6) is 0.292. The molecule has 1 aliphatic heterocycles. The van der Waals surface area contributed by atoms with E-state index in [-0.39, 0.29) is 11.9 Å². The van der Waals surface area contributed by atoms with Crippen molar-refractivity contribution in [2.45, 2.75) is 31.3 Å². The van der Waals surface area contributed by atoms with E-state index in [2.05, 4.69) is 10.3 Å². The first kappa shape index (κ1) is 15.1. The van der Waals surface area contributed by atoms with Crippen LogP contribution in [0, 0.1) is 5.82 Å². The van der Waals surface area contributed by atoms with Gasteiger partial charge in [-0.1, -0.05) is 24.3 Å². The fourth-order valence-electron chi connectivity index (χ4n) is 2.73. The first-order valence-corrected chi connectivity index (χ1v) is 7.96. The van der Waals surface area contributed by atoms with Crippen LogP contribution in [0.25, 0.3) is 0 Å². The summed E-state index contributed by atoms with van der Waals surface area (Å²) in [6.45, 7) is 0. The van der Waals surface area contributed by atoms with E-state index in [1.165, 1.54) is 12.1 Å². The topological polar surface area (TPSA) is 79.9 Å². The van der Waals surface area contributed by atoms with Crippen LogP contribution in [0.1, 0.15) is 24.0 Å². The van der Waals surface area contributed by atoms with Gasteiger partial charge < -0.3 is 20.9 Å². The van der Waals surface area contributed by atoms with Gasteiger partial charge in [0.2, 0.25) is 0 Å². The third kappa shape index (κ3) is 2.86. The van der Waals surface area contributed by atoms with Crippen LogP contribution < -0.4 is 15.8 Å². The van der Waals surface area contributed by atoms with Crippen molar-refractivity contribution in [3.63, 3.8) is 0 Å². The van der Waals surface area contributed by atoms with Gasteiger partial charge in [0, 0.05) is 11.1 Å². The molecule has 0 spiro atoms. The Balaban J connectivity index is 1.85. The molecule has 24 heavy (non-hydrogen) atoms. The lowest BCUT2D eigenvalue weighted by atomic mass is 10.00. The Morgan fingerprint density at radius 2 is 2.00 bits per heavy atom. The van der Waals surface area contributed by atoms with Crippen molar-refractivity contribution >= 4 is 11.4 Å². The number of nitrogens with zero attached hydrogens (tertiary/aromatic N) is 1. The molecule has 5 nitrogen and oxygen atoms in total. The van der Waals surface area contributed by atoms with Crippen molar-refractivity contribution in [1.82, 2.24) is 0 Å². The summed E-state index contributed by atoms with van der Waals surface area (Å²) < 4.78 is 19.6. The fraction of sp³-hybridized carbons (Fsp3) is 0.278. The third-order valence-corrected chi connectivity index (χ3v) is 4.09. The molecule has 4 rings (SSSR count). The molecule has 1 aliphatic carbocycles. The Morgan fingerprint density at radius 1 is 1.21 bits per heavy atom. The highest BCUT2D eigenvalue weighted by Gasteiger charge is 2.29. The van der Waals surface area contributed by atoms with Gasteiger partial charge in [0.1, 0.15) is 17.7 Å². The average molecular weight is 327 g/mol. The number of nitrogens with two attached hydrogens (primary N) is 1. The summed E-state index contributed by atoms with van der Waals surface area (Å²) in [5.41, 5.74) is 8.45. The predicted molar refractivity (Wildman–Crippen MR) is 89.7 cm³/mol. The van der Waals surface area contributed by atoms with Crippen LogP contribution in [0.5, 0.6) is 5.75 Å². The summed E-state index contributed by atoms with van der Waals surface area (Å²) in [4.78, 5) is 4.41. The van der Waals surface area contributed by atoms with Crippen molar-refractivity contribution in [2.24, 2.45) is 10.7 Å². The molecule has 0 radical (unpaired) electrons. The van der Waals surface area contributed by atoms with E-state index in [4.69, 9.17) is 10.5 Å². The lowest BCUT2D eigenvalue weighted by molar-refractivity contribution is 0.175. The van der Waals surface area contributed by atoms with Gasteiger partial charge in [-0.05, 0) is 31.0 Å². The maximum Gasteiger partial charge on any atom is 0.160 e. The van der Waals surface area contributed by atoms with Gasteiger partial charge >= 0.3 is 0 Å². The summed E-state index contributed by atoms with van der Waals surface area (Å²) >= 11 is 0. The lowest BCUT2D eigenvalue weighted by Gasteiger charge is -2.18. The summed E-state index contributed by atoms with van der Waals surface area (Å²) in [6, 6.07) is 11.7. The van der Waals surface area contributed by atoms with E-state index in [0.29, 0.717) is 22.7 Å². The molecule has 2 unspecified atom stereocenters. The zero-order valence-electron chi connectivity index (χ0n) is 12.9. The minimum Gasteiger partial charge on any atom is -0.488 e. The molecule has 6 heteroatoms. The monoisotopic (exact) mass is 327 g/mol. The van der Waals surface area contributed by atoms with Gasteiger partial charge in [0.05, 0.1) is 17.5 Å². The highest BCUT2D eigenvalue weighted by Crippen LogP contribution is 2.37. The Labute approximate surface area is 139 Å². The standard InChI is InChI=1S/C18H18FN3O2/c19-11-4-1-3-10(9-11)15-13-5-2-6-14(24-12-7-8-12)16(13)22-18(23)17(20)21-15/h1-6,9,12,17-18,22-23H,7-8,20H2. The van der Waals surface area contributed by atoms with Crippen molar-refractivity contribution < 1.29 is 14.2 Å². The Morgan fingerprint density at radius 3 is 2.75 bits per heavy atom. The maximum atomic E-state index is 13.7. The van der Waals surface area contributed by atoms with Crippen LogP contribution in [0.2, 0.25) is 0 Å². The van der Waals surface area contributed by atoms with E-state index in [9.17, 15) is 9.50 Å². The van der Waals surface area contributed by atoms with E-state index >= 15 is 0 Å². The number of aliphatic hydroxyl groups excluding tert-OH is 1. The molecule has 124 valence electrons. The number of para-hydroxylation sites is 1. The first-order chi connectivity index (χ1) is 11.6. The highest BCUT2D eigenvalue weighted by atomic mass is 19.1. The van der Waals surface area contributed by atoms with E-state index in [1.54, 1.807) is 12.1 Å². The maximum absolute atomic E-state index is 13.7. The molecule has 4 N–H and O–H groups in total. The number of anilines is 1. The fourth-order valence-corrected chi connectivity index (χ4v) is 2.73. The van der Waals surface area contributed by atoms with Gasteiger partial charge in [0.25, 0.3) is 0 Å². The van der Waals surface area contributed by atoms with Crippen LogP contribution in [0.3, 0.4) is 0 Å². The number of benzodiazepines with no additional fused rings is 1. The molecule has 1 saturated carbocycles. The minimum atomic E-state index is -1.06. The van der Waals surface area contributed by atoms with Crippen LogP contribution in [0.15, 0.2) is 47.5 Å². The number of ether oxygens (including phenoxy) is 1. The number of aliphatic imine (C=N–C) groups is 1. The normalized spacial score (nSPS) is 22.9. The molecular formula is C18H18FN3O2. The highest BCUT2D eigenvalue weighted by molar-refractivity contribution is 6.17. The summed E-state index contributed by atoms with van der Waals surface area (Å²) in [5, 5.41) is 13.2. The third-order valence-electron chi connectivity index (χ3n) is 4.09. The number of benzene rings is 2. The minimum absolute atomic E-state index is 0.210. The number of hydrogen-bond donors (Lipinski definition) is 3. The van der Waals surface area contributed by atoms with E-state index in [0.717, 1.165) is 18.4 Å². The van der Waals surface area contributed by atoms with Gasteiger partial charge in [0.15, 0.2) is 6.23 Å². The van der Waals surface area contributed by atoms with E-state index < -0.39 is 12.4 Å². The summed E-state index contributed by atoms with van der Waals surface area (Å²) in [7, 11) is 0. The quantitative estimate of drug-likeness (QED) is 0.808. The number of rotatable bonds is 3. The zero-order chi connectivity index (χ0) is 16.7. The van der Waals surface area contributed by atoms with Crippen molar-refractivity contribution in [2.75, 3.05) is 5.32 Å². The number of fused-ring (bicyclic) bond motifs is 1. The largest absolute Gasteiger partial charge is 0.488 e. The van der Waals surface area contributed by atoms with E-state index in [1.807, 2.05) is 18.2 Å². The van der Waals surface area contributed by atoms with Crippen LogP contribution >= 0.6 is 0 Å². The molecule has 1 fully saturated rings. The second kappa shape index (κ2) is 5.89. The Hall–Kier alpha value is -2.44. The van der Waals surface area contributed by atoms with Crippen molar-refractivity contribution in [3.05, 3.63) is 59.4 Å². The smallest absolute Gasteiger partial charge is 0.160 e. The molecule has 2 atom stereocenters. The summed E-state index contributed by atoms with van der Waals surface area (Å²) in [6.07, 6.45) is 0.331.